The molecule has 2 aromatic rings. The van der Waals surface area contributed by atoms with Crippen molar-refractivity contribution in [3.63, 3.8) is 0 Å². The van der Waals surface area contributed by atoms with Crippen molar-refractivity contribution in [2.24, 2.45) is 0 Å². The predicted octanol–water partition coefficient (Wildman–Crippen LogP) is 4.02. The van der Waals surface area contributed by atoms with Gasteiger partial charge < -0.3 is 0 Å². The molecule has 0 saturated heterocycles. The maximum Gasteiger partial charge on any atom is 0.151 e. The molecule has 0 unspecified atom stereocenters. The lowest BCUT2D eigenvalue weighted by atomic mass is 10.1. The van der Waals surface area contributed by atoms with E-state index < -0.39 is 5.82 Å². The molecule has 76 valence electrons. The van der Waals surface area contributed by atoms with Crippen LogP contribution in [-0.2, 0) is 0 Å². The van der Waals surface area contributed by atoms with Crippen molar-refractivity contribution in [2.75, 3.05) is 0 Å². The minimum atomic E-state index is -0.409. The van der Waals surface area contributed by atoms with Crippen LogP contribution in [0.2, 0.25) is 5.02 Å². The Balaban J connectivity index is 2.59. The lowest BCUT2D eigenvalue weighted by molar-refractivity contribution is 0.112. The number of thiophene rings is 1. The molecule has 0 N–H and O–H groups in total. The molecule has 0 fully saturated rings. The van der Waals surface area contributed by atoms with E-state index in [0.29, 0.717) is 21.0 Å². The van der Waals surface area contributed by atoms with Gasteiger partial charge in [-0.15, -0.1) is 11.3 Å². The molecule has 0 spiro atoms. The van der Waals surface area contributed by atoms with Crippen molar-refractivity contribution in [3.05, 3.63) is 46.0 Å². The monoisotopic (exact) mass is 240 g/mol. The molecule has 0 aliphatic carbocycles. The number of aldehydes is 1. The Labute approximate surface area is 95.1 Å². The van der Waals surface area contributed by atoms with E-state index in [2.05, 4.69) is 0 Å². The number of rotatable bonds is 2. The van der Waals surface area contributed by atoms with Gasteiger partial charge in [-0.25, -0.2) is 4.39 Å². The summed E-state index contributed by atoms with van der Waals surface area (Å²) in [7, 11) is 0. The van der Waals surface area contributed by atoms with Gasteiger partial charge in [0, 0.05) is 21.0 Å². The van der Waals surface area contributed by atoms with Gasteiger partial charge in [0.25, 0.3) is 0 Å². The minimum Gasteiger partial charge on any atom is -0.298 e. The van der Waals surface area contributed by atoms with Gasteiger partial charge >= 0.3 is 0 Å². The summed E-state index contributed by atoms with van der Waals surface area (Å²) in [5.74, 6) is -0.409. The second kappa shape index (κ2) is 4.13. The molecule has 1 aromatic heterocycles. The first-order valence-electron chi connectivity index (χ1n) is 4.20. The molecular weight excluding hydrogens is 235 g/mol. The Kier molecular flexibility index (Phi) is 2.84. The molecule has 1 heterocycles. The van der Waals surface area contributed by atoms with E-state index in [1.165, 1.54) is 17.4 Å². The first-order chi connectivity index (χ1) is 7.22. The maximum atomic E-state index is 13.5. The Morgan fingerprint density at radius 3 is 2.80 bits per heavy atom. The Morgan fingerprint density at radius 2 is 2.13 bits per heavy atom. The molecule has 0 atom stereocenters. The molecular formula is C11H6ClFOS. The summed E-state index contributed by atoms with van der Waals surface area (Å²) < 4.78 is 13.5. The van der Waals surface area contributed by atoms with Gasteiger partial charge in [-0.1, -0.05) is 11.6 Å². The summed E-state index contributed by atoms with van der Waals surface area (Å²) in [5.41, 5.74) is 0.915. The second-order valence-electron chi connectivity index (χ2n) is 2.95. The van der Waals surface area contributed by atoms with E-state index in [4.69, 9.17) is 11.6 Å². The van der Waals surface area contributed by atoms with Crippen molar-refractivity contribution in [2.45, 2.75) is 0 Å². The average Bonchev–Trinajstić information content (AvgIpc) is 2.65. The third-order valence-electron chi connectivity index (χ3n) is 2.00. The van der Waals surface area contributed by atoms with E-state index in [1.807, 2.05) is 0 Å². The van der Waals surface area contributed by atoms with E-state index in [0.717, 1.165) is 6.29 Å². The normalized spacial score (nSPS) is 10.3. The largest absolute Gasteiger partial charge is 0.298 e. The van der Waals surface area contributed by atoms with E-state index in [9.17, 15) is 9.18 Å². The lowest BCUT2D eigenvalue weighted by Gasteiger charge is -2.01. The summed E-state index contributed by atoms with van der Waals surface area (Å²) >= 11 is 6.98. The summed E-state index contributed by atoms with van der Waals surface area (Å²) in [4.78, 5) is 11.3. The number of halogens is 2. The van der Waals surface area contributed by atoms with Crippen LogP contribution in [-0.4, -0.2) is 6.29 Å². The van der Waals surface area contributed by atoms with Crippen LogP contribution in [0.15, 0.2) is 29.6 Å². The topological polar surface area (TPSA) is 17.1 Å². The molecule has 4 heteroatoms. The summed E-state index contributed by atoms with van der Waals surface area (Å²) in [5, 5.41) is 2.10. The van der Waals surface area contributed by atoms with Gasteiger partial charge in [0.05, 0.1) is 0 Å². The number of carbonyl (C=O) groups excluding carboxylic acids is 1. The fourth-order valence-corrected chi connectivity index (χ4v) is 2.36. The van der Waals surface area contributed by atoms with Crippen LogP contribution in [0.3, 0.4) is 0 Å². The number of hydrogen-bond donors (Lipinski definition) is 0. The zero-order valence-electron chi connectivity index (χ0n) is 7.54. The molecule has 0 aliphatic heterocycles. The Bertz CT molecular complexity index is 507. The Morgan fingerprint density at radius 1 is 1.33 bits per heavy atom. The van der Waals surface area contributed by atoms with Crippen LogP contribution < -0.4 is 0 Å². The number of hydrogen-bond acceptors (Lipinski definition) is 2. The smallest absolute Gasteiger partial charge is 0.151 e. The molecule has 1 aromatic carbocycles. The van der Waals surface area contributed by atoms with Crippen LogP contribution in [0.5, 0.6) is 0 Å². The number of benzene rings is 1. The highest BCUT2D eigenvalue weighted by molar-refractivity contribution is 7.14. The van der Waals surface area contributed by atoms with Gasteiger partial charge in [-0.2, -0.15) is 0 Å². The van der Waals surface area contributed by atoms with Crippen LogP contribution in [0, 0.1) is 5.82 Å². The third-order valence-corrected chi connectivity index (χ3v) is 3.20. The van der Waals surface area contributed by atoms with E-state index in [1.54, 1.807) is 23.6 Å². The first kappa shape index (κ1) is 10.3. The molecule has 1 nitrogen and oxygen atoms in total. The zero-order chi connectivity index (χ0) is 10.8. The Hall–Kier alpha value is -1.19. The van der Waals surface area contributed by atoms with Gasteiger partial charge in [0.1, 0.15) is 5.82 Å². The maximum absolute atomic E-state index is 13.5. The van der Waals surface area contributed by atoms with Crippen molar-refractivity contribution >= 4 is 29.2 Å². The summed E-state index contributed by atoms with van der Waals surface area (Å²) in [6, 6.07) is 6.09. The van der Waals surface area contributed by atoms with Crippen LogP contribution >= 0.6 is 22.9 Å². The van der Waals surface area contributed by atoms with Crippen molar-refractivity contribution in [1.82, 2.24) is 0 Å². The third kappa shape index (κ3) is 1.94. The molecule has 15 heavy (non-hydrogen) atoms. The van der Waals surface area contributed by atoms with Crippen molar-refractivity contribution in [1.29, 1.82) is 0 Å². The van der Waals surface area contributed by atoms with Gasteiger partial charge in [0.2, 0.25) is 0 Å². The number of carbonyl (C=O) groups is 1. The van der Waals surface area contributed by atoms with Crippen molar-refractivity contribution in [3.8, 4) is 10.4 Å². The summed E-state index contributed by atoms with van der Waals surface area (Å²) in [6.07, 6.45) is 0.722. The fraction of sp³-hybridized carbons (Fsp3) is 0. The first-order valence-corrected chi connectivity index (χ1v) is 5.46. The fourth-order valence-electron chi connectivity index (χ4n) is 1.30. The highest BCUT2D eigenvalue weighted by Gasteiger charge is 2.10. The lowest BCUT2D eigenvalue weighted by Crippen LogP contribution is -1.85. The highest BCUT2D eigenvalue weighted by Crippen LogP contribution is 2.31. The van der Waals surface area contributed by atoms with Crippen LogP contribution in [0.25, 0.3) is 10.4 Å². The average molecular weight is 241 g/mol. The van der Waals surface area contributed by atoms with Crippen molar-refractivity contribution < 1.29 is 9.18 Å². The molecule has 2 rings (SSSR count). The van der Waals surface area contributed by atoms with Gasteiger partial charge in [-0.3, -0.25) is 4.79 Å². The summed E-state index contributed by atoms with van der Waals surface area (Å²) in [6.45, 7) is 0. The van der Waals surface area contributed by atoms with Crippen LogP contribution in [0.4, 0.5) is 4.39 Å². The molecule has 0 aliphatic rings. The van der Waals surface area contributed by atoms with Gasteiger partial charge in [0.15, 0.2) is 6.29 Å². The highest BCUT2D eigenvalue weighted by atomic mass is 35.5. The molecule has 0 radical (unpaired) electrons. The minimum absolute atomic E-state index is 0.348. The quantitative estimate of drug-likeness (QED) is 0.725. The van der Waals surface area contributed by atoms with E-state index >= 15 is 0 Å². The predicted molar refractivity (Wildman–Crippen MR) is 60.1 cm³/mol. The second-order valence-corrected chi connectivity index (χ2v) is 4.30. The standard InChI is InChI=1S/C11H6ClFOS/c12-8-1-2-9(10(13)5-8)11-7(6-14)3-4-15-11/h1-6H. The molecule has 0 bridgehead atoms. The van der Waals surface area contributed by atoms with Gasteiger partial charge in [-0.05, 0) is 29.6 Å². The molecule has 0 amide bonds. The van der Waals surface area contributed by atoms with E-state index in [-0.39, 0.29) is 0 Å². The molecule has 0 saturated carbocycles. The zero-order valence-corrected chi connectivity index (χ0v) is 9.11. The van der Waals surface area contributed by atoms with Crippen LogP contribution in [0.1, 0.15) is 10.4 Å². The SMILES string of the molecule is O=Cc1ccsc1-c1ccc(Cl)cc1F.